The number of aryl methyl sites for hydroxylation is 3. The van der Waals surface area contributed by atoms with Gasteiger partial charge in [0.25, 0.3) is 5.91 Å². The Hall–Kier alpha value is -2.26. The molecule has 1 aliphatic carbocycles. The van der Waals surface area contributed by atoms with Gasteiger partial charge in [-0.05, 0) is 39.7 Å². The quantitative estimate of drug-likeness (QED) is 0.679. The van der Waals surface area contributed by atoms with Crippen LogP contribution in [-0.2, 0) is 11.3 Å². The first-order chi connectivity index (χ1) is 12.8. The Bertz CT molecular complexity index is 831. The minimum atomic E-state index is -0.728. The fourth-order valence-electron chi connectivity index (χ4n) is 3.47. The molecule has 3 atom stereocenters. The highest BCUT2D eigenvalue weighted by atomic mass is 32.1. The number of nitrogens with one attached hydrogen (secondary N) is 2. The number of hydrogen-bond donors (Lipinski definition) is 3. The van der Waals surface area contributed by atoms with Gasteiger partial charge >= 0.3 is 0 Å². The highest BCUT2D eigenvalue weighted by Gasteiger charge is 2.38. The second kappa shape index (κ2) is 8.18. The smallest absolute Gasteiger partial charge is 0.263 e. The van der Waals surface area contributed by atoms with Crippen LogP contribution in [0.25, 0.3) is 0 Å². The summed E-state index contributed by atoms with van der Waals surface area (Å²) in [5.41, 5.74) is 4.30. The normalized spacial score (nSPS) is 22.0. The Labute approximate surface area is 162 Å². The molecule has 0 saturated heterocycles. The first kappa shape index (κ1) is 19.5. The Morgan fingerprint density at radius 1 is 1.33 bits per heavy atom. The largest absolute Gasteiger partial charge is 0.391 e. The highest BCUT2D eigenvalue weighted by Crippen LogP contribution is 2.27. The summed E-state index contributed by atoms with van der Waals surface area (Å²) in [4.78, 5) is 29.3. The summed E-state index contributed by atoms with van der Waals surface area (Å²) in [7, 11) is 0. The van der Waals surface area contributed by atoms with Gasteiger partial charge in [0.05, 0.1) is 35.6 Å². The SMILES string of the molecule is Cc1cc(C)n(CCNC(=O)[C@H]2C[C@H](NC(=O)c3scnc3C)[C@@H](O)C2)n1. The summed E-state index contributed by atoms with van der Waals surface area (Å²) >= 11 is 1.27. The fourth-order valence-corrected chi connectivity index (χ4v) is 4.17. The number of aliphatic hydroxyl groups is 1. The van der Waals surface area contributed by atoms with Crippen molar-refractivity contribution in [3.05, 3.63) is 33.5 Å². The number of aromatic nitrogens is 3. The summed E-state index contributed by atoms with van der Waals surface area (Å²) in [5, 5.41) is 20.4. The van der Waals surface area contributed by atoms with Crippen molar-refractivity contribution in [3.63, 3.8) is 0 Å². The van der Waals surface area contributed by atoms with E-state index in [1.807, 2.05) is 24.6 Å². The molecule has 0 aromatic carbocycles. The van der Waals surface area contributed by atoms with E-state index in [2.05, 4.69) is 20.7 Å². The Morgan fingerprint density at radius 3 is 2.74 bits per heavy atom. The standard InChI is InChI=1S/C18H25N5O3S/c1-10-6-11(2)23(22-10)5-4-19-17(25)13-7-14(15(24)8-13)21-18(26)16-12(3)20-9-27-16/h6,9,13-15,24H,4-5,7-8H2,1-3H3,(H,19,25)(H,21,26)/t13-,14-,15-/m0/s1. The molecular weight excluding hydrogens is 366 g/mol. The maximum absolute atomic E-state index is 12.4. The number of rotatable bonds is 6. The molecule has 0 spiro atoms. The van der Waals surface area contributed by atoms with Crippen molar-refractivity contribution in [3.8, 4) is 0 Å². The van der Waals surface area contributed by atoms with Crippen LogP contribution in [0.3, 0.4) is 0 Å². The van der Waals surface area contributed by atoms with Gasteiger partial charge in [0.1, 0.15) is 4.88 Å². The molecule has 1 fully saturated rings. The minimum Gasteiger partial charge on any atom is -0.391 e. The lowest BCUT2D eigenvalue weighted by molar-refractivity contribution is -0.125. The van der Waals surface area contributed by atoms with Gasteiger partial charge in [-0.15, -0.1) is 11.3 Å². The first-order valence-corrected chi connectivity index (χ1v) is 9.91. The zero-order valence-corrected chi connectivity index (χ0v) is 16.5. The van der Waals surface area contributed by atoms with Crippen LogP contribution in [-0.4, -0.2) is 50.4 Å². The molecule has 8 nitrogen and oxygen atoms in total. The van der Waals surface area contributed by atoms with E-state index in [9.17, 15) is 14.7 Å². The zero-order valence-electron chi connectivity index (χ0n) is 15.7. The molecule has 1 aliphatic rings. The number of carbonyl (C=O) groups excluding carboxylic acids is 2. The number of aliphatic hydroxyl groups excluding tert-OH is 1. The monoisotopic (exact) mass is 391 g/mol. The predicted molar refractivity (Wildman–Crippen MR) is 102 cm³/mol. The first-order valence-electron chi connectivity index (χ1n) is 9.03. The van der Waals surface area contributed by atoms with Gasteiger partial charge in [-0.2, -0.15) is 5.10 Å². The Morgan fingerprint density at radius 2 is 2.11 bits per heavy atom. The molecule has 0 bridgehead atoms. The average molecular weight is 391 g/mol. The fraction of sp³-hybridized carbons (Fsp3) is 0.556. The number of hydrogen-bond acceptors (Lipinski definition) is 6. The van der Waals surface area contributed by atoms with Crippen molar-refractivity contribution in [2.24, 2.45) is 5.92 Å². The molecule has 3 rings (SSSR count). The summed E-state index contributed by atoms with van der Waals surface area (Å²) in [5.74, 6) is -0.653. The third kappa shape index (κ3) is 4.54. The molecule has 1 saturated carbocycles. The average Bonchev–Trinajstić information content (AvgIpc) is 3.28. The van der Waals surface area contributed by atoms with Gasteiger partial charge < -0.3 is 15.7 Å². The lowest BCUT2D eigenvalue weighted by Crippen LogP contribution is -2.40. The summed E-state index contributed by atoms with van der Waals surface area (Å²) in [6, 6.07) is 1.57. The van der Waals surface area contributed by atoms with E-state index in [0.29, 0.717) is 36.5 Å². The molecular formula is C18H25N5O3S. The van der Waals surface area contributed by atoms with Crippen molar-refractivity contribution in [2.45, 2.75) is 52.3 Å². The van der Waals surface area contributed by atoms with Crippen LogP contribution in [0, 0.1) is 26.7 Å². The molecule has 2 aromatic heterocycles. The van der Waals surface area contributed by atoms with Gasteiger partial charge in [-0.25, -0.2) is 4.98 Å². The second-order valence-corrected chi connectivity index (χ2v) is 7.88. The molecule has 2 heterocycles. The van der Waals surface area contributed by atoms with Crippen LogP contribution in [0.2, 0.25) is 0 Å². The Kier molecular flexibility index (Phi) is 5.91. The molecule has 27 heavy (non-hydrogen) atoms. The summed E-state index contributed by atoms with van der Waals surface area (Å²) < 4.78 is 1.86. The lowest BCUT2D eigenvalue weighted by Gasteiger charge is -2.16. The molecule has 0 aliphatic heterocycles. The van der Waals surface area contributed by atoms with E-state index in [4.69, 9.17) is 0 Å². The van der Waals surface area contributed by atoms with Crippen LogP contribution in [0.15, 0.2) is 11.6 Å². The zero-order chi connectivity index (χ0) is 19.6. The van der Waals surface area contributed by atoms with Gasteiger partial charge in [0.2, 0.25) is 5.91 Å². The van der Waals surface area contributed by atoms with E-state index < -0.39 is 12.1 Å². The van der Waals surface area contributed by atoms with Crippen molar-refractivity contribution in [2.75, 3.05) is 6.54 Å². The lowest BCUT2D eigenvalue weighted by atomic mass is 10.1. The van der Waals surface area contributed by atoms with Gasteiger partial charge in [0, 0.05) is 18.2 Å². The van der Waals surface area contributed by atoms with Gasteiger partial charge in [-0.1, -0.05) is 0 Å². The van der Waals surface area contributed by atoms with Crippen molar-refractivity contribution < 1.29 is 14.7 Å². The molecule has 0 unspecified atom stereocenters. The summed E-state index contributed by atoms with van der Waals surface area (Å²) in [6.45, 7) is 6.77. The topological polar surface area (TPSA) is 109 Å². The van der Waals surface area contributed by atoms with Crippen LogP contribution in [0.1, 0.15) is 39.6 Å². The van der Waals surface area contributed by atoms with E-state index in [1.165, 1.54) is 11.3 Å². The maximum Gasteiger partial charge on any atom is 0.263 e. The van der Waals surface area contributed by atoms with Gasteiger partial charge in [-0.3, -0.25) is 14.3 Å². The molecule has 2 amide bonds. The van der Waals surface area contributed by atoms with Crippen LogP contribution >= 0.6 is 11.3 Å². The predicted octanol–water partition coefficient (Wildman–Crippen LogP) is 0.951. The van der Waals surface area contributed by atoms with Crippen molar-refractivity contribution in [1.29, 1.82) is 0 Å². The molecule has 2 aromatic rings. The number of carbonyl (C=O) groups is 2. The van der Waals surface area contributed by atoms with E-state index >= 15 is 0 Å². The molecule has 146 valence electrons. The maximum atomic E-state index is 12.4. The molecule has 9 heteroatoms. The highest BCUT2D eigenvalue weighted by molar-refractivity contribution is 7.11. The minimum absolute atomic E-state index is 0.0960. The van der Waals surface area contributed by atoms with E-state index in [1.54, 1.807) is 12.4 Å². The number of amides is 2. The third-order valence-corrected chi connectivity index (χ3v) is 5.82. The van der Waals surface area contributed by atoms with Crippen molar-refractivity contribution >= 4 is 23.2 Å². The van der Waals surface area contributed by atoms with Crippen LogP contribution in [0.4, 0.5) is 0 Å². The molecule has 3 N–H and O–H groups in total. The summed E-state index contributed by atoms with van der Waals surface area (Å²) in [6.07, 6.45) is 0.0448. The van der Waals surface area contributed by atoms with Crippen molar-refractivity contribution in [1.82, 2.24) is 25.4 Å². The van der Waals surface area contributed by atoms with E-state index in [-0.39, 0.29) is 17.7 Å². The molecule has 0 radical (unpaired) electrons. The third-order valence-electron chi connectivity index (χ3n) is 4.89. The van der Waals surface area contributed by atoms with Gasteiger partial charge in [0.15, 0.2) is 0 Å². The van der Waals surface area contributed by atoms with Crippen LogP contribution < -0.4 is 10.6 Å². The van der Waals surface area contributed by atoms with Crippen LogP contribution in [0.5, 0.6) is 0 Å². The Balaban J connectivity index is 1.48. The van der Waals surface area contributed by atoms with E-state index in [0.717, 1.165) is 11.4 Å². The number of thiazole rings is 1. The number of nitrogens with zero attached hydrogens (tertiary/aromatic N) is 3. The second-order valence-electron chi connectivity index (χ2n) is 7.02.